The number of aryl methyl sites for hydroxylation is 2. The minimum absolute atomic E-state index is 0.104. The third-order valence-electron chi connectivity index (χ3n) is 4.14. The zero-order valence-electron chi connectivity index (χ0n) is 15.5. The zero-order valence-corrected chi connectivity index (χ0v) is 15.5. The number of hydrogen-bond acceptors (Lipinski definition) is 7. The highest BCUT2D eigenvalue weighted by Crippen LogP contribution is 2.18. The van der Waals surface area contributed by atoms with Gasteiger partial charge in [-0.05, 0) is 19.1 Å². The predicted molar refractivity (Wildman–Crippen MR) is 99.3 cm³/mol. The Morgan fingerprint density at radius 3 is 2.89 bits per heavy atom. The maximum atomic E-state index is 12.1. The number of aromatic nitrogens is 3. The van der Waals surface area contributed by atoms with Crippen LogP contribution < -0.4 is 20.5 Å². The number of rotatable bonds is 6. The van der Waals surface area contributed by atoms with Gasteiger partial charge in [-0.3, -0.25) is 9.59 Å². The lowest BCUT2D eigenvalue weighted by atomic mass is 10.2. The van der Waals surface area contributed by atoms with Crippen molar-refractivity contribution in [3.05, 3.63) is 46.1 Å². The van der Waals surface area contributed by atoms with Gasteiger partial charge in [0.2, 0.25) is 5.88 Å². The summed E-state index contributed by atoms with van der Waals surface area (Å²) in [6, 6.07) is 4.94. The number of pyridine rings is 1. The second-order valence-electron chi connectivity index (χ2n) is 6.15. The second-order valence-corrected chi connectivity index (χ2v) is 6.15. The molecular weight excluding hydrogens is 350 g/mol. The molecule has 27 heavy (non-hydrogen) atoms. The molecule has 1 N–H and O–H groups in total. The molecule has 3 heterocycles. The summed E-state index contributed by atoms with van der Waals surface area (Å²) in [7, 11) is 1.60. The number of carbonyl (C=O) groups excluding carboxylic acids is 1. The maximum absolute atomic E-state index is 12.1. The quantitative estimate of drug-likeness (QED) is 0.719. The zero-order chi connectivity index (χ0) is 19.2. The first kappa shape index (κ1) is 18.8. The van der Waals surface area contributed by atoms with E-state index in [2.05, 4.69) is 20.2 Å². The first-order valence-electron chi connectivity index (χ1n) is 8.79. The number of amides is 1. The number of ether oxygens (including phenoxy) is 2. The van der Waals surface area contributed by atoms with Gasteiger partial charge in [0.05, 0.1) is 19.8 Å². The summed E-state index contributed by atoms with van der Waals surface area (Å²) in [4.78, 5) is 34.9. The Balaban J connectivity index is 1.54. The van der Waals surface area contributed by atoms with Crippen LogP contribution in [0.1, 0.15) is 16.2 Å². The van der Waals surface area contributed by atoms with Gasteiger partial charge in [0, 0.05) is 32.4 Å². The topological polar surface area (TPSA) is 98.6 Å². The molecule has 2 aromatic heterocycles. The van der Waals surface area contributed by atoms with E-state index in [-0.39, 0.29) is 24.3 Å². The van der Waals surface area contributed by atoms with Crippen molar-refractivity contribution < 1.29 is 14.3 Å². The maximum Gasteiger partial charge on any atom is 0.263 e. The van der Waals surface area contributed by atoms with Crippen LogP contribution in [0.4, 0.5) is 5.82 Å². The van der Waals surface area contributed by atoms with E-state index in [1.54, 1.807) is 25.4 Å². The number of nitrogens with zero attached hydrogens (tertiary/aromatic N) is 4. The Bertz CT molecular complexity index is 861. The molecule has 0 bridgehead atoms. The molecule has 3 rings (SSSR count). The van der Waals surface area contributed by atoms with Crippen molar-refractivity contribution in [3.63, 3.8) is 0 Å². The first-order chi connectivity index (χ1) is 13.0. The van der Waals surface area contributed by atoms with E-state index in [0.29, 0.717) is 24.9 Å². The molecule has 9 nitrogen and oxygen atoms in total. The summed E-state index contributed by atoms with van der Waals surface area (Å²) in [6.07, 6.45) is 1.60. The van der Waals surface area contributed by atoms with E-state index in [9.17, 15) is 9.59 Å². The van der Waals surface area contributed by atoms with E-state index in [0.717, 1.165) is 18.9 Å². The van der Waals surface area contributed by atoms with Crippen LogP contribution in [0, 0.1) is 6.92 Å². The Hall–Kier alpha value is -2.94. The summed E-state index contributed by atoms with van der Waals surface area (Å²) in [6.45, 7) is 5.19. The fourth-order valence-corrected chi connectivity index (χ4v) is 2.74. The molecule has 0 spiro atoms. The van der Waals surface area contributed by atoms with Crippen molar-refractivity contribution in [2.24, 2.45) is 7.05 Å². The SMILES string of the molecule is Cc1nc(OCCNC(=O)c2cccn(C)c2=O)cc(N2CCOCC2)n1. The van der Waals surface area contributed by atoms with Crippen molar-refractivity contribution >= 4 is 11.7 Å². The molecule has 1 fully saturated rings. The average molecular weight is 373 g/mol. The summed E-state index contributed by atoms with van der Waals surface area (Å²) in [5.74, 6) is 1.45. The molecule has 9 heteroatoms. The Labute approximate surface area is 156 Å². The Kier molecular flexibility index (Phi) is 6.02. The average Bonchev–Trinajstić information content (AvgIpc) is 2.67. The highest BCUT2D eigenvalue weighted by Gasteiger charge is 2.15. The van der Waals surface area contributed by atoms with Crippen LogP contribution in [0.15, 0.2) is 29.2 Å². The largest absolute Gasteiger partial charge is 0.476 e. The standard InChI is InChI=1S/C18H23N5O4/c1-13-20-15(23-7-10-26-11-8-23)12-16(21-13)27-9-5-19-17(24)14-4-3-6-22(2)18(14)25/h3-4,6,12H,5,7-11H2,1-2H3,(H,19,24). The van der Waals surface area contributed by atoms with Gasteiger partial charge in [0.15, 0.2) is 0 Å². The van der Waals surface area contributed by atoms with E-state index in [1.807, 2.05) is 6.92 Å². The van der Waals surface area contributed by atoms with Crippen molar-refractivity contribution in [1.29, 1.82) is 0 Å². The molecule has 2 aromatic rings. The van der Waals surface area contributed by atoms with Crippen molar-refractivity contribution in [2.75, 3.05) is 44.4 Å². The third-order valence-corrected chi connectivity index (χ3v) is 4.14. The van der Waals surface area contributed by atoms with Gasteiger partial charge in [0.25, 0.3) is 11.5 Å². The van der Waals surface area contributed by atoms with Crippen LogP contribution in [0.5, 0.6) is 5.88 Å². The summed E-state index contributed by atoms with van der Waals surface area (Å²) in [5.41, 5.74) is -0.231. The highest BCUT2D eigenvalue weighted by molar-refractivity contribution is 5.93. The Morgan fingerprint density at radius 1 is 1.33 bits per heavy atom. The van der Waals surface area contributed by atoms with E-state index in [4.69, 9.17) is 9.47 Å². The van der Waals surface area contributed by atoms with E-state index in [1.165, 1.54) is 10.6 Å². The van der Waals surface area contributed by atoms with Crippen LogP contribution >= 0.6 is 0 Å². The van der Waals surface area contributed by atoms with Crippen LogP contribution in [0.2, 0.25) is 0 Å². The predicted octanol–water partition coefficient (Wildman–Crippen LogP) is 0.129. The van der Waals surface area contributed by atoms with Crippen molar-refractivity contribution in [1.82, 2.24) is 19.9 Å². The Morgan fingerprint density at radius 2 is 2.11 bits per heavy atom. The normalized spacial score (nSPS) is 14.1. The minimum Gasteiger partial charge on any atom is -0.476 e. The van der Waals surface area contributed by atoms with Crippen molar-refractivity contribution in [2.45, 2.75) is 6.92 Å². The molecular formula is C18H23N5O4. The third kappa shape index (κ3) is 4.82. The molecule has 0 saturated carbocycles. The van der Waals surface area contributed by atoms with Gasteiger partial charge in [-0.2, -0.15) is 4.98 Å². The summed E-state index contributed by atoms with van der Waals surface area (Å²) >= 11 is 0. The fraction of sp³-hybridized carbons (Fsp3) is 0.444. The van der Waals surface area contributed by atoms with Crippen LogP contribution in [-0.2, 0) is 11.8 Å². The molecule has 1 amide bonds. The molecule has 0 radical (unpaired) electrons. The van der Waals surface area contributed by atoms with E-state index < -0.39 is 5.91 Å². The molecule has 1 saturated heterocycles. The molecule has 0 aliphatic carbocycles. The molecule has 1 aliphatic rings. The summed E-state index contributed by atoms with van der Waals surface area (Å²) in [5, 5.41) is 2.68. The van der Waals surface area contributed by atoms with Gasteiger partial charge < -0.3 is 24.3 Å². The van der Waals surface area contributed by atoms with E-state index >= 15 is 0 Å². The van der Waals surface area contributed by atoms with Gasteiger partial charge in [-0.15, -0.1) is 0 Å². The number of anilines is 1. The fourth-order valence-electron chi connectivity index (χ4n) is 2.74. The number of carbonyl (C=O) groups is 1. The highest BCUT2D eigenvalue weighted by atomic mass is 16.5. The lowest BCUT2D eigenvalue weighted by molar-refractivity contribution is 0.0944. The molecule has 0 aromatic carbocycles. The van der Waals surface area contributed by atoms with Crippen LogP contribution in [0.25, 0.3) is 0 Å². The second kappa shape index (κ2) is 8.63. The number of nitrogens with one attached hydrogen (secondary N) is 1. The molecule has 1 aliphatic heterocycles. The van der Waals surface area contributed by atoms with Gasteiger partial charge >= 0.3 is 0 Å². The van der Waals surface area contributed by atoms with Gasteiger partial charge in [-0.25, -0.2) is 4.98 Å². The lowest BCUT2D eigenvalue weighted by Gasteiger charge is -2.28. The van der Waals surface area contributed by atoms with Gasteiger partial charge in [0.1, 0.15) is 23.8 Å². The van der Waals surface area contributed by atoms with Gasteiger partial charge in [-0.1, -0.05) is 0 Å². The first-order valence-corrected chi connectivity index (χ1v) is 8.79. The molecule has 0 atom stereocenters. The number of hydrogen-bond donors (Lipinski definition) is 1. The lowest BCUT2D eigenvalue weighted by Crippen LogP contribution is -2.37. The molecule has 0 unspecified atom stereocenters. The van der Waals surface area contributed by atoms with Crippen molar-refractivity contribution in [3.8, 4) is 5.88 Å². The summed E-state index contributed by atoms with van der Waals surface area (Å²) < 4.78 is 12.4. The van der Waals surface area contributed by atoms with Crippen LogP contribution in [0.3, 0.4) is 0 Å². The minimum atomic E-state index is -0.423. The smallest absolute Gasteiger partial charge is 0.263 e. The van der Waals surface area contributed by atoms with Crippen LogP contribution in [-0.4, -0.2) is 59.9 Å². The monoisotopic (exact) mass is 373 g/mol. The number of morpholine rings is 1. The molecule has 144 valence electrons.